The maximum atomic E-state index is 10.8. The number of aryl methyl sites for hydroxylation is 1. The summed E-state index contributed by atoms with van der Waals surface area (Å²) in [5, 5.41) is 10.8. The third-order valence-corrected chi connectivity index (χ3v) is 3.94. The fraction of sp³-hybridized carbons (Fsp3) is 0.400. The van der Waals surface area contributed by atoms with Gasteiger partial charge in [-0.1, -0.05) is 6.07 Å². The number of nitrogens with zero attached hydrogens (tertiary/aromatic N) is 4. The first-order valence-electron chi connectivity index (χ1n) is 7.05. The van der Waals surface area contributed by atoms with Gasteiger partial charge in [0.15, 0.2) is 0 Å². The van der Waals surface area contributed by atoms with Crippen molar-refractivity contribution >= 4 is 11.6 Å². The van der Waals surface area contributed by atoms with Gasteiger partial charge >= 0.3 is 0 Å². The molecular weight excluding hydrogens is 266 g/mol. The van der Waals surface area contributed by atoms with Gasteiger partial charge in [0.25, 0.3) is 0 Å². The summed E-state index contributed by atoms with van der Waals surface area (Å²) in [6.45, 7) is 3.39. The standard InChI is InChI=1S/C15H19N5O/c1-11-2-3-12(18-8-11)15(21)4-6-20(7-5-15)14-10-17-9-13(16)19-14/h2-3,8-10,21H,4-7H2,1H3,(H2,16,19). The van der Waals surface area contributed by atoms with Gasteiger partial charge in [0.05, 0.1) is 18.1 Å². The van der Waals surface area contributed by atoms with E-state index in [-0.39, 0.29) is 0 Å². The van der Waals surface area contributed by atoms with Gasteiger partial charge in [0.2, 0.25) is 0 Å². The molecule has 0 aliphatic carbocycles. The SMILES string of the molecule is Cc1ccc(C2(O)CCN(c3cncc(N)n3)CC2)nc1. The monoisotopic (exact) mass is 285 g/mol. The molecule has 3 rings (SSSR count). The van der Waals surface area contributed by atoms with Crippen molar-refractivity contribution in [3.05, 3.63) is 42.0 Å². The van der Waals surface area contributed by atoms with E-state index in [1.54, 1.807) is 12.4 Å². The molecule has 3 heterocycles. The zero-order valence-electron chi connectivity index (χ0n) is 12.0. The van der Waals surface area contributed by atoms with E-state index in [9.17, 15) is 5.11 Å². The van der Waals surface area contributed by atoms with Crippen molar-refractivity contribution in [3.8, 4) is 0 Å². The highest BCUT2D eigenvalue weighted by molar-refractivity contribution is 5.42. The maximum absolute atomic E-state index is 10.8. The molecule has 1 aliphatic rings. The second kappa shape index (κ2) is 5.29. The van der Waals surface area contributed by atoms with Gasteiger partial charge in [-0.2, -0.15) is 0 Å². The lowest BCUT2D eigenvalue weighted by atomic mass is 9.87. The van der Waals surface area contributed by atoms with Gasteiger partial charge < -0.3 is 15.7 Å². The van der Waals surface area contributed by atoms with E-state index in [1.165, 1.54) is 6.20 Å². The summed E-state index contributed by atoms with van der Waals surface area (Å²) >= 11 is 0. The largest absolute Gasteiger partial charge is 0.383 e. The molecule has 0 bridgehead atoms. The normalized spacial score (nSPS) is 17.7. The molecule has 0 aromatic carbocycles. The second-order valence-electron chi connectivity index (χ2n) is 5.54. The van der Waals surface area contributed by atoms with Crippen molar-refractivity contribution in [3.63, 3.8) is 0 Å². The van der Waals surface area contributed by atoms with Gasteiger partial charge in [-0.25, -0.2) is 4.98 Å². The highest BCUT2D eigenvalue weighted by atomic mass is 16.3. The second-order valence-corrected chi connectivity index (χ2v) is 5.54. The van der Waals surface area contributed by atoms with Crippen LogP contribution in [0.3, 0.4) is 0 Å². The summed E-state index contributed by atoms with van der Waals surface area (Å²) in [5.74, 6) is 1.17. The van der Waals surface area contributed by atoms with Crippen molar-refractivity contribution in [1.29, 1.82) is 0 Å². The molecular formula is C15H19N5O. The molecule has 6 nitrogen and oxygen atoms in total. The Labute approximate surface area is 123 Å². The molecule has 1 aliphatic heterocycles. The van der Waals surface area contributed by atoms with Crippen LogP contribution >= 0.6 is 0 Å². The Morgan fingerprint density at radius 1 is 1.19 bits per heavy atom. The van der Waals surface area contributed by atoms with Crippen molar-refractivity contribution in [2.24, 2.45) is 0 Å². The minimum atomic E-state index is -0.863. The van der Waals surface area contributed by atoms with E-state index in [4.69, 9.17) is 5.73 Å². The van der Waals surface area contributed by atoms with Crippen LogP contribution in [0, 0.1) is 6.92 Å². The number of aliphatic hydroxyl groups is 1. The fourth-order valence-corrected chi connectivity index (χ4v) is 2.63. The minimum absolute atomic E-state index is 0.411. The molecule has 2 aromatic rings. The van der Waals surface area contributed by atoms with Crippen molar-refractivity contribution < 1.29 is 5.11 Å². The first-order valence-corrected chi connectivity index (χ1v) is 7.05. The van der Waals surface area contributed by atoms with Crippen molar-refractivity contribution in [2.45, 2.75) is 25.4 Å². The van der Waals surface area contributed by atoms with Crippen LogP contribution in [-0.4, -0.2) is 33.1 Å². The summed E-state index contributed by atoms with van der Waals surface area (Å²) in [5.41, 5.74) is 6.64. The number of piperidine rings is 1. The number of anilines is 2. The lowest BCUT2D eigenvalue weighted by Crippen LogP contribution is -2.43. The Hall–Kier alpha value is -2.21. The Bertz CT molecular complexity index is 620. The van der Waals surface area contributed by atoms with E-state index >= 15 is 0 Å². The molecule has 2 aromatic heterocycles. The van der Waals surface area contributed by atoms with Gasteiger partial charge in [-0.15, -0.1) is 0 Å². The van der Waals surface area contributed by atoms with Crippen molar-refractivity contribution in [2.75, 3.05) is 23.7 Å². The smallest absolute Gasteiger partial charge is 0.149 e. The van der Waals surface area contributed by atoms with Gasteiger partial charge in [-0.05, 0) is 31.4 Å². The number of rotatable bonds is 2. The molecule has 0 amide bonds. The van der Waals surface area contributed by atoms with Crippen LogP contribution in [0.1, 0.15) is 24.1 Å². The summed E-state index contributed by atoms with van der Waals surface area (Å²) in [7, 11) is 0. The molecule has 0 radical (unpaired) electrons. The van der Waals surface area contributed by atoms with Crippen LogP contribution < -0.4 is 10.6 Å². The molecule has 110 valence electrons. The number of nitrogens with two attached hydrogens (primary N) is 1. The molecule has 3 N–H and O–H groups in total. The van der Waals surface area contributed by atoms with E-state index in [0.29, 0.717) is 31.7 Å². The third kappa shape index (κ3) is 2.80. The molecule has 0 unspecified atom stereocenters. The first-order chi connectivity index (χ1) is 10.1. The lowest BCUT2D eigenvalue weighted by Gasteiger charge is -2.38. The predicted octanol–water partition coefficient (Wildman–Crippen LogP) is 1.25. The van der Waals surface area contributed by atoms with Crippen LogP contribution in [-0.2, 0) is 5.60 Å². The first kappa shape index (κ1) is 13.8. The topological polar surface area (TPSA) is 88.2 Å². The zero-order valence-corrected chi connectivity index (χ0v) is 12.0. The summed E-state index contributed by atoms with van der Waals surface area (Å²) < 4.78 is 0. The van der Waals surface area contributed by atoms with E-state index in [1.807, 2.05) is 19.1 Å². The van der Waals surface area contributed by atoms with Crippen molar-refractivity contribution in [1.82, 2.24) is 15.0 Å². The van der Waals surface area contributed by atoms with Gasteiger partial charge in [-0.3, -0.25) is 9.97 Å². The Kier molecular flexibility index (Phi) is 3.47. The number of aromatic nitrogens is 3. The van der Waals surface area contributed by atoms with Gasteiger partial charge in [0.1, 0.15) is 17.2 Å². The number of nitrogen functional groups attached to an aromatic ring is 1. The highest BCUT2D eigenvalue weighted by Crippen LogP contribution is 2.32. The summed E-state index contributed by atoms with van der Waals surface area (Å²) in [6, 6.07) is 3.89. The summed E-state index contributed by atoms with van der Waals surface area (Å²) in [6.07, 6.45) is 6.24. The lowest BCUT2D eigenvalue weighted by molar-refractivity contribution is 0.00748. The Morgan fingerprint density at radius 2 is 1.95 bits per heavy atom. The van der Waals surface area contributed by atoms with E-state index < -0.39 is 5.60 Å². The van der Waals surface area contributed by atoms with Gasteiger partial charge in [0, 0.05) is 19.3 Å². The minimum Gasteiger partial charge on any atom is -0.383 e. The number of hydrogen-bond donors (Lipinski definition) is 2. The average molecular weight is 285 g/mol. The summed E-state index contributed by atoms with van der Waals surface area (Å²) in [4.78, 5) is 14.8. The zero-order chi connectivity index (χ0) is 14.9. The third-order valence-electron chi connectivity index (χ3n) is 3.94. The van der Waals surface area contributed by atoms with E-state index in [2.05, 4.69) is 19.9 Å². The van der Waals surface area contributed by atoms with Crippen LogP contribution in [0.2, 0.25) is 0 Å². The molecule has 6 heteroatoms. The molecule has 1 fully saturated rings. The van der Waals surface area contributed by atoms with Crippen LogP contribution in [0.25, 0.3) is 0 Å². The number of hydrogen-bond acceptors (Lipinski definition) is 6. The molecule has 0 saturated carbocycles. The van der Waals surface area contributed by atoms with Crippen LogP contribution in [0.4, 0.5) is 11.6 Å². The molecule has 1 saturated heterocycles. The predicted molar refractivity (Wildman–Crippen MR) is 80.8 cm³/mol. The van der Waals surface area contributed by atoms with Crippen LogP contribution in [0.15, 0.2) is 30.7 Å². The Morgan fingerprint density at radius 3 is 2.57 bits per heavy atom. The molecule has 0 atom stereocenters. The fourth-order valence-electron chi connectivity index (χ4n) is 2.63. The van der Waals surface area contributed by atoms with Crippen LogP contribution in [0.5, 0.6) is 0 Å². The number of pyridine rings is 1. The van der Waals surface area contributed by atoms with E-state index in [0.717, 1.165) is 17.1 Å². The Balaban J connectivity index is 1.73. The maximum Gasteiger partial charge on any atom is 0.149 e. The average Bonchev–Trinajstić information content (AvgIpc) is 2.48. The molecule has 0 spiro atoms. The molecule has 21 heavy (non-hydrogen) atoms. The quantitative estimate of drug-likeness (QED) is 0.863. The highest BCUT2D eigenvalue weighted by Gasteiger charge is 2.35.